The van der Waals surface area contributed by atoms with Crippen LogP contribution in [0.25, 0.3) is 0 Å². The molecule has 0 aromatic rings. The van der Waals surface area contributed by atoms with Crippen molar-refractivity contribution in [3.05, 3.63) is 0 Å². The number of guanidine groups is 1. The van der Waals surface area contributed by atoms with Gasteiger partial charge in [0.1, 0.15) is 0 Å². The molecule has 29 heavy (non-hydrogen) atoms. The Labute approximate surface area is 195 Å². The van der Waals surface area contributed by atoms with Gasteiger partial charge in [-0.2, -0.15) is 0 Å². The molecule has 0 spiro atoms. The second-order valence-corrected chi connectivity index (χ2v) is 8.61. The summed E-state index contributed by atoms with van der Waals surface area (Å²) in [5.41, 5.74) is 0.111. The number of aliphatic imine (C=N–C) groups is 1. The number of nitrogens with one attached hydrogen (secondary N) is 2. The van der Waals surface area contributed by atoms with Crippen molar-refractivity contribution in [3.63, 3.8) is 0 Å². The Morgan fingerprint density at radius 1 is 1.24 bits per heavy atom. The molecular weight excluding hydrogens is 481 g/mol. The lowest BCUT2D eigenvalue weighted by Gasteiger charge is -2.42. The Balaban J connectivity index is 0.00000420. The predicted molar refractivity (Wildman–Crippen MR) is 132 cm³/mol. The minimum absolute atomic E-state index is 0. The molecule has 2 aliphatic heterocycles. The van der Waals surface area contributed by atoms with Crippen molar-refractivity contribution in [1.29, 1.82) is 0 Å². The van der Waals surface area contributed by atoms with Gasteiger partial charge in [-0.25, -0.2) is 0 Å². The van der Waals surface area contributed by atoms with Crippen molar-refractivity contribution in [1.82, 2.24) is 20.4 Å². The Morgan fingerprint density at radius 3 is 2.45 bits per heavy atom. The quantitative estimate of drug-likeness (QED) is 0.274. The van der Waals surface area contributed by atoms with E-state index in [-0.39, 0.29) is 29.5 Å². The number of ether oxygens (including phenoxy) is 2. The molecule has 0 bridgehead atoms. The number of nitrogens with zero attached hydrogens (tertiary/aromatic N) is 3. The van der Waals surface area contributed by atoms with Crippen LogP contribution in [-0.2, 0) is 9.47 Å². The van der Waals surface area contributed by atoms with Crippen LogP contribution in [0.2, 0.25) is 0 Å². The number of piperidine rings is 1. The highest BCUT2D eigenvalue weighted by Gasteiger charge is 2.34. The maximum atomic E-state index is 5.69. The summed E-state index contributed by atoms with van der Waals surface area (Å²) in [7, 11) is 4.33. The average Bonchev–Trinajstić information content (AvgIpc) is 2.68. The summed E-state index contributed by atoms with van der Waals surface area (Å²) in [5.74, 6) is 0.955. The first-order valence-corrected chi connectivity index (χ1v) is 11.1. The molecule has 0 aromatic heterocycles. The largest absolute Gasteiger partial charge is 0.381 e. The zero-order chi connectivity index (χ0) is 20.4. The molecule has 0 unspecified atom stereocenters. The molecule has 0 atom stereocenters. The number of likely N-dealkylation sites (N-methyl/N-ethyl adjacent to an activating group) is 1. The summed E-state index contributed by atoms with van der Waals surface area (Å²) in [6.07, 6.45) is 4.70. The van der Waals surface area contributed by atoms with Gasteiger partial charge in [0, 0.05) is 51.0 Å². The first-order chi connectivity index (χ1) is 13.4. The van der Waals surface area contributed by atoms with Gasteiger partial charge in [-0.3, -0.25) is 4.99 Å². The standard InChI is InChI=1S/C21H43N5O2.HI/c1-6-22-20(23-17-21(25(4)5)9-14-27-15-10-21)24-19-7-11-26(12-8-19)13-16-28-18(2)3;/h18-19H,6-17H2,1-5H3,(H2,22,23,24);1H. The molecule has 0 aromatic carbocycles. The van der Waals surface area contributed by atoms with E-state index in [1.165, 1.54) is 0 Å². The van der Waals surface area contributed by atoms with Crippen molar-refractivity contribution in [2.45, 2.75) is 64.1 Å². The summed E-state index contributed by atoms with van der Waals surface area (Å²) in [6, 6.07) is 0.491. The fraction of sp³-hybridized carbons (Fsp3) is 0.952. The van der Waals surface area contributed by atoms with E-state index in [0.717, 1.165) is 84.2 Å². The lowest BCUT2D eigenvalue weighted by molar-refractivity contribution is -0.00256. The minimum Gasteiger partial charge on any atom is -0.381 e. The lowest BCUT2D eigenvalue weighted by Crippen LogP contribution is -2.53. The van der Waals surface area contributed by atoms with Crippen molar-refractivity contribution in [2.24, 2.45) is 4.99 Å². The second-order valence-electron chi connectivity index (χ2n) is 8.61. The van der Waals surface area contributed by atoms with Gasteiger partial charge in [-0.05, 0) is 60.5 Å². The molecule has 172 valence electrons. The molecule has 2 fully saturated rings. The third-order valence-corrected chi connectivity index (χ3v) is 6.04. The van der Waals surface area contributed by atoms with Gasteiger partial charge in [0.25, 0.3) is 0 Å². The average molecular weight is 526 g/mol. The molecule has 0 aliphatic carbocycles. The number of rotatable bonds is 9. The summed E-state index contributed by atoms with van der Waals surface area (Å²) < 4.78 is 11.3. The number of hydrogen-bond acceptors (Lipinski definition) is 5. The molecule has 0 radical (unpaired) electrons. The van der Waals surface area contributed by atoms with Gasteiger partial charge in [-0.15, -0.1) is 24.0 Å². The van der Waals surface area contributed by atoms with Crippen LogP contribution in [0.15, 0.2) is 4.99 Å². The van der Waals surface area contributed by atoms with Crippen molar-refractivity contribution < 1.29 is 9.47 Å². The lowest BCUT2D eigenvalue weighted by atomic mass is 9.89. The summed E-state index contributed by atoms with van der Waals surface area (Å²) in [5, 5.41) is 7.12. The van der Waals surface area contributed by atoms with Gasteiger partial charge in [-0.1, -0.05) is 0 Å². The molecule has 0 saturated carbocycles. The topological polar surface area (TPSA) is 61.4 Å². The molecular formula is C21H44IN5O2. The third kappa shape index (κ3) is 9.25. The van der Waals surface area contributed by atoms with Crippen molar-refractivity contribution >= 4 is 29.9 Å². The van der Waals surface area contributed by atoms with Crippen molar-refractivity contribution in [3.8, 4) is 0 Å². The minimum atomic E-state index is 0. The fourth-order valence-electron chi connectivity index (χ4n) is 3.96. The fourth-order valence-corrected chi connectivity index (χ4v) is 3.96. The van der Waals surface area contributed by atoms with Gasteiger partial charge in [0.2, 0.25) is 0 Å². The Hall–Kier alpha value is -0.160. The van der Waals surface area contributed by atoms with E-state index in [1.807, 2.05) is 0 Å². The van der Waals surface area contributed by atoms with Crippen LogP contribution >= 0.6 is 24.0 Å². The van der Waals surface area contributed by atoms with E-state index in [4.69, 9.17) is 14.5 Å². The van der Waals surface area contributed by atoms with Crippen molar-refractivity contribution in [2.75, 3.05) is 66.6 Å². The molecule has 2 aliphatic rings. The molecule has 7 nitrogen and oxygen atoms in total. The van der Waals surface area contributed by atoms with E-state index in [9.17, 15) is 0 Å². The smallest absolute Gasteiger partial charge is 0.191 e. The molecule has 2 N–H and O–H groups in total. The maximum absolute atomic E-state index is 5.69. The molecule has 2 rings (SSSR count). The third-order valence-electron chi connectivity index (χ3n) is 6.04. The zero-order valence-corrected chi connectivity index (χ0v) is 21.5. The van der Waals surface area contributed by atoms with Crippen LogP contribution < -0.4 is 10.6 Å². The molecule has 8 heteroatoms. The monoisotopic (exact) mass is 525 g/mol. The maximum Gasteiger partial charge on any atom is 0.191 e. The van der Waals surface area contributed by atoms with Crippen LogP contribution in [0.3, 0.4) is 0 Å². The normalized spacial score (nSPS) is 21.3. The highest BCUT2D eigenvalue weighted by Crippen LogP contribution is 2.26. The number of halogens is 1. The van der Waals surface area contributed by atoms with E-state index in [0.29, 0.717) is 12.1 Å². The predicted octanol–water partition coefficient (Wildman–Crippen LogP) is 2.16. The van der Waals surface area contributed by atoms with Gasteiger partial charge >= 0.3 is 0 Å². The summed E-state index contributed by atoms with van der Waals surface area (Å²) in [4.78, 5) is 9.82. The first-order valence-electron chi connectivity index (χ1n) is 11.1. The first kappa shape index (κ1) is 26.9. The Morgan fingerprint density at radius 2 is 1.90 bits per heavy atom. The van der Waals surface area contributed by atoms with Crippen LogP contribution in [0, 0.1) is 0 Å². The van der Waals surface area contributed by atoms with E-state index < -0.39 is 0 Å². The highest BCUT2D eigenvalue weighted by molar-refractivity contribution is 14.0. The molecule has 0 amide bonds. The molecule has 2 saturated heterocycles. The van der Waals surface area contributed by atoms with Gasteiger partial charge in [0.15, 0.2) is 5.96 Å². The summed E-state index contributed by atoms with van der Waals surface area (Å²) in [6.45, 7) is 13.8. The SMILES string of the molecule is CCNC(=NCC1(N(C)C)CCOCC1)NC1CCN(CCOC(C)C)CC1.I. The Kier molecular flexibility index (Phi) is 13.0. The summed E-state index contributed by atoms with van der Waals surface area (Å²) >= 11 is 0. The zero-order valence-electron chi connectivity index (χ0n) is 19.2. The van der Waals surface area contributed by atoms with E-state index in [1.54, 1.807) is 0 Å². The number of hydrogen-bond donors (Lipinski definition) is 2. The number of likely N-dealkylation sites (tertiary alicyclic amines) is 1. The van der Waals surface area contributed by atoms with Crippen LogP contribution in [0.4, 0.5) is 0 Å². The van der Waals surface area contributed by atoms with Crippen LogP contribution in [0.5, 0.6) is 0 Å². The van der Waals surface area contributed by atoms with Crippen LogP contribution in [0.1, 0.15) is 46.5 Å². The molecule has 2 heterocycles. The van der Waals surface area contributed by atoms with Crippen LogP contribution in [-0.4, -0.2) is 100 Å². The van der Waals surface area contributed by atoms with E-state index in [2.05, 4.69) is 55.3 Å². The Bertz CT molecular complexity index is 462. The highest BCUT2D eigenvalue weighted by atomic mass is 127. The van der Waals surface area contributed by atoms with Gasteiger partial charge in [0.05, 0.1) is 19.3 Å². The second kappa shape index (κ2) is 14.0. The van der Waals surface area contributed by atoms with E-state index >= 15 is 0 Å². The van der Waals surface area contributed by atoms with Gasteiger partial charge < -0.3 is 29.9 Å².